The largest absolute Gasteiger partial charge is 0.493 e. The molecule has 0 spiro atoms. The minimum atomic E-state index is -6.16. The third-order valence-electron chi connectivity index (χ3n) is 7.18. The van der Waals surface area contributed by atoms with Gasteiger partial charge in [-0.1, -0.05) is 10.3 Å². The second-order valence-corrected chi connectivity index (χ2v) is 14.1. The minimum Gasteiger partial charge on any atom is -0.493 e. The molecule has 0 aromatic heterocycles. The van der Waals surface area contributed by atoms with Crippen LogP contribution < -0.4 is 9.47 Å². The summed E-state index contributed by atoms with van der Waals surface area (Å²) in [7, 11) is -12.1. The summed E-state index contributed by atoms with van der Waals surface area (Å²) in [6.07, 6.45) is -11.0. The average molecular weight is 907 g/mol. The second-order valence-electron chi connectivity index (χ2n) is 11.1. The van der Waals surface area contributed by atoms with Crippen molar-refractivity contribution in [3.8, 4) is 11.5 Å². The molecular weight excluding hydrogens is 889 g/mol. The van der Waals surface area contributed by atoms with Crippen LogP contribution in [0.3, 0.4) is 0 Å². The molecule has 0 N–H and O–H groups in total. The third kappa shape index (κ3) is 10.1. The Hall–Kier alpha value is -5.73. The highest BCUT2D eigenvalue weighted by Gasteiger charge is 2.41. The monoisotopic (exact) mass is 906 g/mol. The third-order valence-corrected chi connectivity index (χ3v) is 9.44. The first-order chi connectivity index (χ1) is 27.2. The topological polar surface area (TPSA) is 130 Å². The molecule has 0 amide bonds. The van der Waals surface area contributed by atoms with Gasteiger partial charge in [0.25, 0.3) is 0 Å². The maximum absolute atomic E-state index is 14.3. The summed E-state index contributed by atoms with van der Waals surface area (Å²) < 4.78 is 273. The van der Waals surface area contributed by atoms with Crippen molar-refractivity contribution < 1.29 is 101 Å². The van der Waals surface area contributed by atoms with Crippen LogP contribution in [0.1, 0.15) is 23.1 Å². The molecule has 0 aliphatic heterocycles. The SMILES string of the molecule is Cc1c(F)c(F)c(F)c(S(=O)(=O)O/N=C(/c2ccc(OCCCOc3ccc(/C(=N/OS(=O)(=O)c4c(F)c(F)c(F)c(F)c4F)C(F)(F)F)cc3)cc2)C(F)(F)F)c1F. The zero-order valence-corrected chi connectivity index (χ0v) is 30.0. The van der Waals surface area contributed by atoms with E-state index < -0.39 is 123 Å². The first-order valence-electron chi connectivity index (χ1n) is 15.2. The van der Waals surface area contributed by atoms with Gasteiger partial charge in [-0.25, -0.2) is 39.5 Å². The lowest BCUT2D eigenvalue weighted by Crippen LogP contribution is -2.25. The highest BCUT2D eigenvalue weighted by Crippen LogP contribution is 2.32. The zero-order valence-electron chi connectivity index (χ0n) is 28.4. The zero-order chi connectivity index (χ0) is 44.4. The van der Waals surface area contributed by atoms with Crippen LogP contribution >= 0.6 is 0 Å². The molecule has 0 unspecified atom stereocenters. The molecule has 0 atom stereocenters. The van der Waals surface area contributed by atoms with E-state index in [1.807, 2.05) is 0 Å². The summed E-state index contributed by atoms with van der Waals surface area (Å²) in [6.45, 7) is 0.0696. The molecule has 0 aliphatic rings. The first-order valence-corrected chi connectivity index (χ1v) is 18.0. The van der Waals surface area contributed by atoms with Gasteiger partial charge in [0.15, 0.2) is 67.8 Å². The lowest BCUT2D eigenvalue weighted by Gasteiger charge is -2.13. The quantitative estimate of drug-likeness (QED) is 0.0308. The van der Waals surface area contributed by atoms with Gasteiger partial charge in [-0.3, -0.25) is 8.57 Å². The van der Waals surface area contributed by atoms with Crippen molar-refractivity contribution in [1.82, 2.24) is 0 Å². The molecule has 0 fully saturated rings. The second kappa shape index (κ2) is 17.2. The molecule has 0 saturated heterocycles. The van der Waals surface area contributed by atoms with Crippen LogP contribution in [0, 0.1) is 59.3 Å². The van der Waals surface area contributed by atoms with Gasteiger partial charge < -0.3 is 9.47 Å². The van der Waals surface area contributed by atoms with Gasteiger partial charge in [-0.2, -0.15) is 43.2 Å². The van der Waals surface area contributed by atoms with Crippen LogP contribution in [-0.2, 0) is 28.8 Å². The van der Waals surface area contributed by atoms with E-state index in [1.54, 1.807) is 0 Å². The van der Waals surface area contributed by atoms with E-state index in [9.17, 15) is 82.7 Å². The number of rotatable bonds is 14. The van der Waals surface area contributed by atoms with Gasteiger partial charge >= 0.3 is 32.6 Å². The summed E-state index contributed by atoms with van der Waals surface area (Å²) in [5, 5.41) is 4.77. The summed E-state index contributed by atoms with van der Waals surface area (Å²) in [6, 6.07) is 6.39. The Labute approximate surface area is 320 Å². The molecule has 4 aromatic rings. The molecule has 0 saturated carbocycles. The van der Waals surface area contributed by atoms with E-state index in [0.717, 1.165) is 24.3 Å². The van der Waals surface area contributed by atoms with Crippen LogP contribution in [0.15, 0.2) is 68.6 Å². The van der Waals surface area contributed by atoms with Gasteiger partial charge in [-0.15, -0.1) is 0 Å². The van der Waals surface area contributed by atoms with Crippen LogP contribution in [0.25, 0.3) is 0 Å². The number of halogens is 15. The van der Waals surface area contributed by atoms with E-state index in [4.69, 9.17) is 9.47 Å². The summed E-state index contributed by atoms with van der Waals surface area (Å²) >= 11 is 0. The van der Waals surface area contributed by atoms with Gasteiger partial charge in [0.1, 0.15) is 11.5 Å². The minimum absolute atomic E-state index is 0.000310. The molecule has 320 valence electrons. The Morgan fingerprint density at radius 3 is 1.14 bits per heavy atom. The van der Waals surface area contributed by atoms with E-state index in [0.29, 0.717) is 31.2 Å². The van der Waals surface area contributed by atoms with Crippen LogP contribution in [0.5, 0.6) is 11.5 Å². The summed E-state index contributed by atoms with van der Waals surface area (Å²) in [4.78, 5) is -4.85. The molecule has 4 aromatic carbocycles. The van der Waals surface area contributed by atoms with Gasteiger partial charge in [0, 0.05) is 23.1 Å². The molecule has 27 heteroatoms. The maximum Gasteiger partial charge on any atom is 0.437 e. The summed E-state index contributed by atoms with van der Waals surface area (Å²) in [5.41, 5.74) is -7.32. The van der Waals surface area contributed by atoms with E-state index in [-0.39, 0.29) is 31.1 Å². The number of hydrogen-bond acceptors (Lipinski definition) is 10. The van der Waals surface area contributed by atoms with Crippen molar-refractivity contribution in [3.63, 3.8) is 0 Å². The first kappa shape index (κ1) is 46.0. The lowest BCUT2D eigenvalue weighted by atomic mass is 10.1. The lowest BCUT2D eigenvalue weighted by molar-refractivity contribution is -0.0606. The van der Waals surface area contributed by atoms with Crippen molar-refractivity contribution in [1.29, 1.82) is 0 Å². The molecule has 0 bridgehead atoms. The Kier molecular flexibility index (Phi) is 13.4. The number of alkyl halides is 6. The van der Waals surface area contributed by atoms with Crippen molar-refractivity contribution in [3.05, 3.63) is 118 Å². The fraction of sp³-hybridized carbons (Fsp3) is 0.188. The summed E-state index contributed by atoms with van der Waals surface area (Å²) in [5.74, 6) is -23.7. The molecule has 0 aliphatic carbocycles. The standard InChI is InChI=1S/C32H17F15N2O8S2/c1-13-18(33)20(35)24(39)27(19(13)34)58(50,51)56-48-29(31(42,43)44)14-3-7-16(8-4-14)54-11-2-12-55-17-9-5-15(6-10-17)30(32(45,46)47)49-57-59(52,53)28-25(40)22(37)21(36)23(38)26(28)41/h3-10H,2,11-12H2,1H3/b48-29-,49-30-. The van der Waals surface area contributed by atoms with Crippen LogP contribution in [0.2, 0.25) is 0 Å². The Morgan fingerprint density at radius 1 is 0.492 bits per heavy atom. The molecule has 0 radical (unpaired) electrons. The fourth-order valence-electron chi connectivity index (χ4n) is 4.39. The average Bonchev–Trinajstić information content (AvgIpc) is 3.14. The highest BCUT2D eigenvalue weighted by atomic mass is 32.2. The predicted octanol–water partition coefficient (Wildman–Crippen LogP) is 8.44. The Bertz CT molecular complexity index is 2300. The van der Waals surface area contributed by atoms with Gasteiger partial charge in [-0.05, 0) is 55.5 Å². The van der Waals surface area contributed by atoms with Crippen molar-refractivity contribution in [2.45, 2.75) is 35.5 Å². The number of nitrogens with zero attached hydrogens (tertiary/aromatic N) is 2. The Morgan fingerprint density at radius 2 is 0.797 bits per heavy atom. The molecular formula is C32H17F15N2O8S2. The van der Waals surface area contributed by atoms with E-state index in [2.05, 4.69) is 18.9 Å². The van der Waals surface area contributed by atoms with Crippen molar-refractivity contribution in [2.24, 2.45) is 10.3 Å². The van der Waals surface area contributed by atoms with E-state index in [1.165, 1.54) is 0 Å². The maximum atomic E-state index is 14.3. The van der Waals surface area contributed by atoms with Gasteiger partial charge in [0.2, 0.25) is 5.82 Å². The molecule has 10 nitrogen and oxygen atoms in total. The van der Waals surface area contributed by atoms with Gasteiger partial charge in [0.05, 0.1) is 13.2 Å². The van der Waals surface area contributed by atoms with Crippen molar-refractivity contribution >= 4 is 31.7 Å². The Balaban J connectivity index is 1.38. The smallest absolute Gasteiger partial charge is 0.437 e. The molecule has 59 heavy (non-hydrogen) atoms. The number of benzene rings is 4. The highest BCUT2D eigenvalue weighted by molar-refractivity contribution is 7.87. The number of oxime groups is 2. The fourth-order valence-corrected chi connectivity index (χ4v) is 6.18. The van der Waals surface area contributed by atoms with Crippen LogP contribution in [0.4, 0.5) is 65.9 Å². The molecule has 4 rings (SSSR count). The normalized spacial score (nSPS) is 13.1. The van der Waals surface area contributed by atoms with Crippen molar-refractivity contribution in [2.75, 3.05) is 13.2 Å². The molecule has 0 heterocycles. The predicted molar refractivity (Wildman–Crippen MR) is 167 cm³/mol. The van der Waals surface area contributed by atoms with Crippen LogP contribution in [-0.4, -0.2) is 53.8 Å². The number of ether oxygens (including phenoxy) is 2. The number of hydrogen-bond donors (Lipinski definition) is 0. The van der Waals surface area contributed by atoms with E-state index >= 15 is 0 Å².